The molecule has 0 aliphatic carbocycles. The SMILES string of the molecule is COc1ccc2c(S(=O)(=O)Nc3cc(F)c(C(F)(F)F)cc3OC)c[nH]c2c1. The third kappa shape index (κ3) is 3.57. The molecular weight excluding hydrogens is 404 g/mol. The average molecular weight is 418 g/mol. The Hall–Kier alpha value is -2.95. The van der Waals surface area contributed by atoms with Crippen LogP contribution in [0.2, 0.25) is 0 Å². The number of aromatic nitrogens is 1. The molecule has 3 aromatic rings. The molecule has 150 valence electrons. The largest absolute Gasteiger partial charge is 0.497 e. The molecule has 1 aromatic heterocycles. The topological polar surface area (TPSA) is 80.4 Å². The number of hydrogen-bond donors (Lipinski definition) is 2. The first-order valence-electron chi connectivity index (χ1n) is 7.69. The van der Waals surface area contributed by atoms with Crippen molar-refractivity contribution in [2.24, 2.45) is 0 Å². The summed E-state index contributed by atoms with van der Waals surface area (Å²) in [5, 5.41) is 0.319. The maximum atomic E-state index is 13.9. The highest BCUT2D eigenvalue weighted by molar-refractivity contribution is 7.93. The van der Waals surface area contributed by atoms with Crippen LogP contribution in [0, 0.1) is 5.82 Å². The van der Waals surface area contributed by atoms with Gasteiger partial charge in [-0.25, -0.2) is 12.8 Å². The number of benzene rings is 2. The van der Waals surface area contributed by atoms with Gasteiger partial charge in [0.05, 0.1) is 31.0 Å². The molecule has 0 unspecified atom stereocenters. The molecule has 6 nitrogen and oxygen atoms in total. The van der Waals surface area contributed by atoms with Crippen LogP contribution in [-0.2, 0) is 16.2 Å². The minimum atomic E-state index is -4.95. The predicted molar refractivity (Wildman–Crippen MR) is 93.6 cm³/mol. The zero-order valence-electron chi connectivity index (χ0n) is 14.5. The zero-order chi connectivity index (χ0) is 20.7. The van der Waals surface area contributed by atoms with E-state index in [-0.39, 0.29) is 4.90 Å². The van der Waals surface area contributed by atoms with Crippen molar-refractivity contribution in [1.82, 2.24) is 4.98 Å². The number of ether oxygens (including phenoxy) is 2. The van der Waals surface area contributed by atoms with E-state index in [4.69, 9.17) is 9.47 Å². The summed E-state index contributed by atoms with van der Waals surface area (Å²) in [7, 11) is -1.77. The van der Waals surface area contributed by atoms with E-state index in [0.717, 1.165) is 7.11 Å². The van der Waals surface area contributed by atoms with Crippen LogP contribution >= 0.6 is 0 Å². The Kier molecular flexibility index (Phi) is 4.88. The number of halogens is 4. The van der Waals surface area contributed by atoms with Crippen LogP contribution in [0.1, 0.15) is 5.56 Å². The Balaban J connectivity index is 2.05. The predicted octanol–water partition coefficient (Wildman–Crippen LogP) is 4.14. The van der Waals surface area contributed by atoms with Gasteiger partial charge < -0.3 is 14.5 Å². The third-order valence-corrected chi connectivity index (χ3v) is 5.38. The summed E-state index contributed by atoms with van der Waals surface area (Å²) in [5.41, 5.74) is -1.56. The van der Waals surface area contributed by atoms with Crippen LogP contribution in [0.5, 0.6) is 11.5 Å². The van der Waals surface area contributed by atoms with Crippen molar-refractivity contribution in [1.29, 1.82) is 0 Å². The van der Waals surface area contributed by atoms with Crippen molar-refractivity contribution in [3.05, 3.63) is 47.9 Å². The van der Waals surface area contributed by atoms with Gasteiger partial charge in [0, 0.05) is 23.7 Å². The number of fused-ring (bicyclic) bond motifs is 1. The number of nitrogens with one attached hydrogen (secondary N) is 2. The second kappa shape index (κ2) is 6.89. The van der Waals surface area contributed by atoms with Gasteiger partial charge in [0.25, 0.3) is 10.0 Å². The van der Waals surface area contributed by atoms with E-state index < -0.39 is 39.0 Å². The van der Waals surface area contributed by atoms with E-state index in [1.54, 1.807) is 12.1 Å². The monoisotopic (exact) mass is 418 g/mol. The van der Waals surface area contributed by atoms with Crippen LogP contribution in [-0.4, -0.2) is 27.6 Å². The van der Waals surface area contributed by atoms with Gasteiger partial charge in [-0.05, 0) is 18.2 Å². The van der Waals surface area contributed by atoms with Gasteiger partial charge in [0.1, 0.15) is 22.2 Å². The standard InChI is InChI=1S/C17H14F4N2O4S/c1-26-9-3-4-10-13(5-9)22-8-16(10)28(24,25)23-14-7-12(18)11(17(19,20)21)6-15(14)27-2/h3-8,22-23H,1-2H3. The third-order valence-electron chi connectivity index (χ3n) is 3.98. The first kappa shape index (κ1) is 19.8. The van der Waals surface area contributed by atoms with Crippen molar-refractivity contribution in [2.75, 3.05) is 18.9 Å². The number of alkyl halides is 3. The van der Waals surface area contributed by atoms with Crippen molar-refractivity contribution in [2.45, 2.75) is 11.1 Å². The Morgan fingerprint density at radius 2 is 1.79 bits per heavy atom. The molecule has 0 saturated heterocycles. The Labute approximate surface area is 157 Å². The molecule has 0 radical (unpaired) electrons. The highest BCUT2D eigenvalue weighted by atomic mass is 32.2. The van der Waals surface area contributed by atoms with Gasteiger partial charge in [-0.2, -0.15) is 13.2 Å². The van der Waals surface area contributed by atoms with Crippen molar-refractivity contribution >= 4 is 26.6 Å². The fourth-order valence-corrected chi connectivity index (χ4v) is 3.89. The maximum absolute atomic E-state index is 13.9. The van der Waals surface area contributed by atoms with E-state index >= 15 is 0 Å². The minimum Gasteiger partial charge on any atom is -0.497 e. The lowest BCUT2D eigenvalue weighted by Gasteiger charge is -2.15. The van der Waals surface area contributed by atoms with Gasteiger partial charge in [-0.1, -0.05) is 0 Å². The normalized spacial score (nSPS) is 12.2. The first-order valence-corrected chi connectivity index (χ1v) is 9.18. The van der Waals surface area contributed by atoms with Gasteiger partial charge >= 0.3 is 6.18 Å². The Morgan fingerprint density at radius 1 is 1.07 bits per heavy atom. The maximum Gasteiger partial charge on any atom is 0.419 e. The summed E-state index contributed by atoms with van der Waals surface area (Å²) in [6.07, 6.45) is -3.75. The zero-order valence-corrected chi connectivity index (χ0v) is 15.3. The molecule has 2 N–H and O–H groups in total. The summed E-state index contributed by atoms with van der Waals surface area (Å²) < 4.78 is 89.8. The number of sulfonamides is 1. The molecule has 1 heterocycles. The second-order valence-corrected chi connectivity index (χ2v) is 7.35. The highest BCUT2D eigenvalue weighted by Gasteiger charge is 2.35. The molecule has 0 saturated carbocycles. The van der Waals surface area contributed by atoms with Crippen LogP contribution in [0.3, 0.4) is 0 Å². The van der Waals surface area contributed by atoms with Crippen molar-refractivity contribution in [3.63, 3.8) is 0 Å². The molecule has 0 aliphatic rings. The van der Waals surface area contributed by atoms with Crippen molar-refractivity contribution in [3.8, 4) is 11.5 Å². The molecule has 0 spiro atoms. The Bertz CT molecular complexity index is 1140. The number of hydrogen-bond acceptors (Lipinski definition) is 4. The molecule has 0 aliphatic heterocycles. The fraction of sp³-hybridized carbons (Fsp3) is 0.176. The highest BCUT2D eigenvalue weighted by Crippen LogP contribution is 2.38. The van der Waals surface area contributed by atoms with Gasteiger partial charge in [0.2, 0.25) is 0 Å². The van der Waals surface area contributed by atoms with Crippen LogP contribution in [0.4, 0.5) is 23.2 Å². The van der Waals surface area contributed by atoms with E-state index in [1.165, 1.54) is 19.4 Å². The summed E-state index contributed by atoms with van der Waals surface area (Å²) in [5.74, 6) is -1.61. The number of H-pyrrole nitrogens is 1. The summed E-state index contributed by atoms with van der Waals surface area (Å²) in [6, 6.07) is 5.45. The fourth-order valence-electron chi connectivity index (χ4n) is 2.65. The smallest absolute Gasteiger partial charge is 0.419 e. The van der Waals surface area contributed by atoms with E-state index in [2.05, 4.69) is 9.71 Å². The summed E-state index contributed by atoms with van der Waals surface area (Å²) in [6.45, 7) is 0. The summed E-state index contributed by atoms with van der Waals surface area (Å²) >= 11 is 0. The molecule has 3 rings (SSSR count). The first-order chi connectivity index (χ1) is 13.1. The number of rotatable bonds is 5. The van der Waals surface area contributed by atoms with Crippen LogP contribution in [0.25, 0.3) is 10.9 Å². The van der Waals surface area contributed by atoms with Gasteiger partial charge in [-0.15, -0.1) is 0 Å². The molecule has 0 atom stereocenters. The van der Waals surface area contributed by atoms with E-state index in [0.29, 0.717) is 28.8 Å². The minimum absolute atomic E-state index is 0.174. The molecular formula is C17H14F4N2O4S. The number of aromatic amines is 1. The van der Waals surface area contributed by atoms with E-state index in [1.807, 2.05) is 0 Å². The summed E-state index contributed by atoms with van der Waals surface area (Å²) in [4.78, 5) is 2.60. The average Bonchev–Trinajstić information content (AvgIpc) is 3.04. The molecule has 28 heavy (non-hydrogen) atoms. The number of anilines is 1. The van der Waals surface area contributed by atoms with Crippen LogP contribution in [0.15, 0.2) is 41.4 Å². The molecule has 0 bridgehead atoms. The van der Waals surface area contributed by atoms with Crippen molar-refractivity contribution < 1.29 is 35.5 Å². The lowest BCUT2D eigenvalue weighted by atomic mass is 10.1. The molecule has 0 fully saturated rings. The van der Waals surface area contributed by atoms with Gasteiger partial charge in [0.15, 0.2) is 0 Å². The quantitative estimate of drug-likeness (QED) is 0.611. The van der Waals surface area contributed by atoms with E-state index in [9.17, 15) is 26.0 Å². The molecule has 0 amide bonds. The molecule has 11 heteroatoms. The Morgan fingerprint density at radius 3 is 2.39 bits per heavy atom. The van der Waals surface area contributed by atoms with Crippen LogP contribution < -0.4 is 14.2 Å². The number of methoxy groups -OCH3 is 2. The molecule has 2 aromatic carbocycles. The van der Waals surface area contributed by atoms with Gasteiger partial charge in [-0.3, -0.25) is 4.72 Å². The lowest BCUT2D eigenvalue weighted by molar-refractivity contribution is -0.140. The second-order valence-electron chi connectivity index (χ2n) is 5.70. The lowest BCUT2D eigenvalue weighted by Crippen LogP contribution is -2.15.